The molecule has 0 spiro atoms. The van der Waals surface area contributed by atoms with E-state index >= 15 is 0 Å². The molecule has 7 heteroatoms. The van der Waals surface area contributed by atoms with Gasteiger partial charge in [-0.05, 0) is 24.3 Å². The summed E-state index contributed by atoms with van der Waals surface area (Å²) in [6, 6.07) is 6.80. The van der Waals surface area contributed by atoms with Gasteiger partial charge in [-0.3, -0.25) is 4.98 Å². The Kier molecular flexibility index (Phi) is 4.67. The number of benzene rings is 1. The zero-order valence-electron chi connectivity index (χ0n) is 11.6. The Morgan fingerprint density at radius 1 is 1.27 bits per heavy atom. The largest absolute Gasteiger partial charge is 0.482 e. The van der Waals surface area contributed by atoms with E-state index in [-0.39, 0.29) is 11.3 Å². The Labute approximate surface area is 125 Å². The van der Waals surface area contributed by atoms with Crippen LogP contribution in [-0.4, -0.2) is 35.7 Å². The first kappa shape index (κ1) is 15.4. The van der Waals surface area contributed by atoms with Crippen molar-refractivity contribution in [2.75, 3.05) is 13.7 Å². The molecule has 1 N–H and O–H groups in total. The molecule has 1 heterocycles. The fourth-order valence-corrected chi connectivity index (χ4v) is 1.74. The van der Waals surface area contributed by atoms with Gasteiger partial charge in [0.05, 0.1) is 18.4 Å². The number of hydrogen-bond acceptors (Lipinski definition) is 5. The van der Waals surface area contributed by atoms with Gasteiger partial charge in [0, 0.05) is 17.8 Å². The SMILES string of the molecule is COC(=O)c1ccc(-c2cc(F)cc(OCC(=O)O)c2)nc1. The first-order chi connectivity index (χ1) is 10.5. The molecule has 1 aromatic heterocycles. The van der Waals surface area contributed by atoms with Crippen molar-refractivity contribution < 1.29 is 28.6 Å². The molecular weight excluding hydrogens is 293 g/mol. The number of halogens is 1. The van der Waals surface area contributed by atoms with Gasteiger partial charge in [0.2, 0.25) is 0 Å². The fraction of sp³-hybridized carbons (Fsp3) is 0.133. The predicted molar refractivity (Wildman–Crippen MR) is 74.1 cm³/mol. The molecule has 0 saturated heterocycles. The number of carbonyl (C=O) groups is 2. The zero-order chi connectivity index (χ0) is 16.1. The van der Waals surface area contributed by atoms with Crippen molar-refractivity contribution in [3.63, 3.8) is 0 Å². The van der Waals surface area contributed by atoms with Gasteiger partial charge in [-0.25, -0.2) is 14.0 Å². The summed E-state index contributed by atoms with van der Waals surface area (Å²) in [5.74, 6) is -2.19. The third-order valence-corrected chi connectivity index (χ3v) is 2.71. The lowest BCUT2D eigenvalue weighted by Crippen LogP contribution is -2.09. The number of methoxy groups -OCH3 is 1. The van der Waals surface area contributed by atoms with Crippen molar-refractivity contribution in [2.45, 2.75) is 0 Å². The van der Waals surface area contributed by atoms with Crippen LogP contribution in [0.4, 0.5) is 4.39 Å². The maximum absolute atomic E-state index is 13.6. The molecule has 0 unspecified atom stereocenters. The average molecular weight is 305 g/mol. The first-order valence-electron chi connectivity index (χ1n) is 6.19. The number of aliphatic carboxylic acids is 1. The molecule has 0 bridgehead atoms. The van der Waals surface area contributed by atoms with Crippen LogP contribution in [-0.2, 0) is 9.53 Å². The van der Waals surface area contributed by atoms with Gasteiger partial charge in [-0.2, -0.15) is 0 Å². The van der Waals surface area contributed by atoms with Crippen molar-refractivity contribution in [3.8, 4) is 17.0 Å². The molecule has 0 saturated carbocycles. The molecule has 1 aromatic carbocycles. The molecular formula is C15H12FNO5. The zero-order valence-corrected chi connectivity index (χ0v) is 11.6. The molecule has 0 fully saturated rings. The van der Waals surface area contributed by atoms with Gasteiger partial charge >= 0.3 is 11.9 Å². The number of carboxylic acids is 1. The maximum atomic E-state index is 13.6. The van der Waals surface area contributed by atoms with Crippen LogP contribution in [0, 0.1) is 5.82 Å². The molecule has 114 valence electrons. The smallest absolute Gasteiger partial charge is 0.341 e. The monoisotopic (exact) mass is 305 g/mol. The summed E-state index contributed by atoms with van der Waals surface area (Å²) < 4.78 is 23.1. The minimum absolute atomic E-state index is 0.0799. The number of esters is 1. The van der Waals surface area contributed by atoms with Crippen molar-refractivity contribution in [1.82, 2.24) is 4.98 Å². The lowest BCUT2D eigenvalue weighted by atomic mass is 10.1. The number of carbonyl (C=O) groups excluding carboxylic acids is 1. The number of carboxylic acid groups (broad SMARTS) is 1. The number of aromatic nitrogens is 1. The summed E-state index contributed by atoms with van der Waals surface area (Å²) in [6.07, 6.45) is 1.31. The van der Waals surface area contributed by atoms with E-state index in [9.17, 15) is 14.0 Å². The highest BCUT2D eigenvalue weighted by Crippen LogP contribution is 2.24. The van der Waals surface area contributed by atoms with E-state index in [1.165, 1.54) is 37.6 Å². The van der Waals surface area contributed by atoms with E-state index in [0.29, 0.717) is 11.3 Å². The maximum Gasteiger partial charge on any atom is 0.341 e. The fourth-order valence-electron chi connectivity index (χ4n) is 1.74. The van der Waals surface area contributed by atoms with E-state index in [1.54, 1.807) is 0 Å². The highest BCUT2D eigenvalue weighted by Gasteiger charge is 2.09. The van der Waals surface area contributed by atoms with Crippen LogP contribution < -0.4 is 4.74 Å². The average Bonchev–Trinajstić information content (AvgIpc) is 2.52. The van der Waals surface area contributed by atoms with Crippen LogP contribution in [0.25, 0.3) is 11.3 Å². The molecule has 0 aliphatic carbocycles. The Balaban J connectivity index is 2.27. The lowest BCUT2D eigenvalue weighted by molar-refractivity contribution is -0.139. The van der Waals surface area contributed by atoms with E-state index < -0.39 is 24.4 Å². The van der Waals surface area contributed by atoms with E-state index in [0.717, 1.165) is 6.07 Å². The number of pyridine rings is 1. The molecule has 6 nitrogen and oxygen atoms in total. The first-order valence-corrected chi connectivity index (χ1v) is 6.19. The number of hydrogen-bond donors (Lipinski definition) is 1. The van der Waals surface area contributed by atoms with Crippen molar-refractivity contribution >= 4 is 11.9 Å². The van der Waals surface area contributed by atoms with Crippen LogP contribution in [0.3, 0.4) is 0 Å². The lowest BCUT2D eigenvalue weighted by Gasteiger charge is -2.07. The molecule has 0 atom stereocenters. The summed E-state index contributed by atoms with van der Waals surface area (Å²) in [4.78, 5) is 25.8. The summed E-state index contributed by atoms with van der Waals surface area (Å²) in [6.45, 7) is -0.572. The van der Waals surface area contributed by atoms with Gasteiger partial charge in [0.1, 0.15) is 11.6 Å². The van der Waals surface area contributed by atoms with Gasteiger partial charge in [0.15, 0.2) is 6.61 Å². The van der Waals surface area contributed by atoms with Crippen molar-refractivity contribution in [1.29, 1.82) is 0 Å². The topological polar surface area (TPSA) is 85.7 Å². The molecule has 0 aliphatic heterocycles. The number of rotatable bonds is 5. The minimum atomic E-state index is -1.16. The van der Waals surface area contributed by atoms with Crippen LogP contribution in [0.15, 0.2) is 36.5 Å². The second kappa shape index (κ2) is 6.66. The van der Waals surface area contributed by atoms with Crippen LogP contribution in [0.2, 0.25) is 0 Å². The summed E-state index contributed by atoms with van der Waals surface area (Å²) in [5.41, 5.74) is 1.08. The summed E-state index contributed by atoms with van der Waals surface area (Å²) >= 11 is 0. The van der Waals surface area contributed by atoms with Gasteiger partial charge in [-0.1, -0.05) is 0 Å². The van der Waals surface area contributed by atoms with Crippen LogP contribution >= 0.6 is 0 Å². The highest BCUT2D eigenvalue weighted by molar-refractivity contribution is 5.89. The van der Waals surface area contributed by atoms with Gasteiger partial charge in [-0.15, -0.1) is 0 Å². The van der Waals surface area contributed by atoms with Crippen LogP contribution in [0.1, 0.15) is 10.4 Å². The molecule has 2 rings (SSSR count). The summed E-state index contributed by atoms with van der Waals surface area (Å²) in [7, 11) is 1.26. The highest BCUT2D eigenvalue weighted by atomic mass is 19.1. The molecule has 2 aromatic rings. The van der Waals surface area contributed by atoms with Gasteiger partial charge in [0.25, 0.3) is 0 Å². The van der Waals surface area contributed by atoms with Crippen molar-refractivity contribution in [2.24, 2.45) is 0 Å². The Bertz CT molecular complexity index is 700. The summed E-state index contributed by atoms with van der Waals surface area (Å²) in [5, 5.41) is 8.56. The molecule has 0 aliphatic rings. The second-order valence-electron chi connectivity index (χ2n) is 4.28. The Morgan fingerprint density at radius 3 is 2.64 bits per heavy atom. The molecule has 0 radical (unpaired) electrons. The van der Waals surface area contributed by atoms with Crippen LogP contribution in [0.5, 0.6) is 5.75 Å². The van der Waals surface area contributed by atoms with E-state index in [4.69, 9.17) is 9.84 Å². The third-order valence-electron chi connectivity index (χ3n) is 2.71. The van der Waals surface area contributed by atoms with Crippen molar-refractivity contribution in [3.05, 3.63) is 47.9 Å². The molecule has 0 amide bonds. The Morgan fingerprint density at radius 2 is 2.05 bits per heavy atom. The van der Waals surface area contributed by atoms with E-state index in [1.807, 2.05) is 0 Å². The quantitative estimate of drug-likeness (QED) is 0.852. The second-order valence-corrected chi connectivity index (χ2v) is 4.28. The minimum Gasteiger partial charge on any atom is -0.482 e. The number of ether oxygens (including phenoxy) is 2. The van der Waals surface area contributed by atoms with E-state index in [2.05, 4.69) is 9.72 Å². The normalized spacial score (nSPS) is 10.1. The molecule has 22 heavy (non-hydrogen) atoms. The van der Waals surface area contributed by atoms with Gasteiger partial charge < -0.3 is 14.6 Å². The number of nitrogens with zero attached hydrogens (tertiary/aromatic N) is 1. The predicted octanol–water partition coefficient (Wildman–Crippen LogP) is 2.14. The standard InChI is InChI=1S/C15H12FNO5/c1-21-15(20)9-2-3-13(17-7-9)10-4-11(16)6-12(5-10)22-8-14(18)19/h2-7H,8H2,1H3,(H,18,19). The third kappa shape index (κ3) is 3.78. The Hall–Kier alpha value is -2.96.